The Hall–Kier alpha value is -1.54. The summed E-state index contributed by atoms with van der Waals surface area (Å²) < 4.78 is 0. The van der Waals surface area contributed by atoms with Crippen LogP contribution >= 0.6 is 11.3 Å². The van der Waals surface area contributed by atoms with Gasteiger partial charge in [-0.25, -0.2) is 4.98 Å². The highest BCUT2D eigenvalue weighted by molar-refractivity contribution is 7.16. The van der Waals surface area contributed by atoms with Crippen LogP contribution in [0.2, 0.25) is 0 Å². The highest BCUT2D eigenvalue weighted by Gasteiger charge is 2.00. The summed E-state index contributed by atoms with van der Waals surface area (Å²) in [5.74, 6) is 5.01. The van der Waals surface area contributed by atoms with E-state index in [2.05, 4.69) is 16.8 Å². The van der Waals surface area contributed by atoms with Gasteiger partial charge in [-0.3, -0.25) is 4.79 Å². The van der Waals surface area contributed by atoms with Crippen LogP contribution in [0.15, 0.2) is 0 Å². The lowest BCUT2D eigenvalue weighted by atomic mass is 10.3. The largest absolute Gasteiger partial charge is 0.375 e. The van der Waals surface area contributed by atoms with Crippen molar-refractivity contribution in [3.63, 3.8) is 0 Å². The molecule has 0 aliphatic heterocycles. The molecule has 13 heavy (non-hydrogen) atoms. The second-order valence-electron chi connectivity index (χ2n) is 2.41. The first kappa shape index (κ1) is 9.55. The number of aryl methyl sites for hydroxylation is 1. The summed E-state index contributed by atoms with van der Waals surface area (Å²) in [5.41, 5.74) is 11.2. The molecule has 0 saturated heterocycles. The van der Waals surface area contributed by atoms with Gasteiger partial charge in [-0.2, -0.15) is 0 Å². The Labute approximate surface area is 80.0 Å². The van der Waals surface area contributed by atoms with Gasteiger partial charge < -0.3 is 11.5 Å². The van der Waals surface area contributed by atoms with Crippen molar-refractivity contribution in [2.24, 2.45) is 5.73 Å². The lowest BCUT2D eigenvalue weighted by Crippen LogP contribution is -2.08. The van der Waals surface area contributed by atoms with Gasteiger partial charge in [0.05, 0.1) is 12.1 Å². The van der Waals surface area contributed by atoms with E-state index in [0.717, 1.165) is 10.6 Å². The van der Waals surface area contributed by atoms with Crippen molar-refractivity contribution in [3.8, 4) is 11.8 Å². The molecule has 1 aromatic rings. The first-order valence-corrected chi connectivity index (χ1v) is 4.41. The number of thiazole rings is 1. The SMILES string of the molecule is Cc1nc(N)sc1C#CCC(N)=O. The van der Waals surface area contributed by atoms with E-state index < -0.39 is 5.91 Å². The predicted octanol–water partition coefficient (Wildman–Crippen LogP) is 0.261. The van der Waals surface area contributed by atoms with E-state index in [-0.39, 0.29) is 6.42 Å². The number of hydrogen-bond acceptors (Lipinski definition) is 4. The number of aromatic nitrogens is 1. The standard InChI is InChI=1S/C8H9N3OS/c1-5-6(13-8(10)11-5)3-2-4-7(9)12/h4H2,1H3,(H2,9,12)(H2,10,11). The molecule has 1 heterocycles. The number of carbonyl (C=O) groups excluding carboxylic acids is 1. The minimum absolute atomic E-state index is 0.0667. The molecule has 0 bridgehead atoms. The molecular formula is C8H9N3OS. The Morgan fingerprint density at radius 2 is 2.38 bits per heavy atom. The van der Waals surface area contributed by atoms with Crippen molar-refractivity contribution < 1.29 is 4.79 Å². The minimum Gasteiger partial charge on any atom is -0.375 e. The Morgan fingerprint density at radius 1 is 1.69 bits per heavy atom. The van der Waals surface area contributed by atoms with Crippen molar-refractivity contribution >= 4 is 22.4 Å². The van der Waals surface area contributed by atoms with Gasteiger partial charge in [-0.1, -0.05) is 23.2 Å². The number of primary amides is 1. The third-order valence-corrected chi connectivity index (χ3v) is 2.18. The van der Waals surface area contributed by atoms with Crippen LogP contribution in [-0.4, -0.2) is 10.9 Å². The zero-order valence-corrected chi connectivity index (χ0v) is 7.94. The van der Waals surface area contributed by atoms with E-state index in [1.165, 1.54) is 11.3 Å². The molecule has 0 aliphatic carbocycles. The monoisotopic (exact) mass is 195 g/mol. The average molecular weight is 195 g/mol. The van der Waals surface area contributed by atoms with E-state index in [1.807, 2.05) is 6.92 Å². The maximum absolute atomic E-state index is 10.4. The lowest BCUT2D eigenvalue weighted by Gasteiger charge is -1.81. The number of hydrogen-bond donors (Lipinski definition) is 2. The summed E-state index contributed by atoms with van der Waals surface area (Å²) in [7, 11) is 0. The zero-order chi connectivity index (χ0) is 9.84. The highest BCUT2D eigenvalue weighted by atomic mass is 32.1. The third-order valence-electron chi connectivity index (χ3n) is 1.28. The number of amides is 1. The quantitative estimate of drug-likeness (QED) is 0.630. The maximum Gasteiger partial charge on any atom is 0.229 e. The van der Waals surface area contributed by atoms with Gasteiger partial charge in [0, 0.05) is 0 Å². The molecule has 4 nitrogen and oxygen atoms in total. The van der Waals surface area contributed by atoms with Gasteiger partial charge in [0.15, 0.2) is 5.13 Å². The molecule has 1 aromatic heterocycles. The molecule has 0 aliphatic rings. The van der Waals surface area contributed by atoms with Gasteiger partial charge in [0.25, 0.3) is 0 Å². The normalized spacial score (nSPS) is 9.00. The number of nitrogens with two attached hydrogens (primary N) is 2. The van der Waals surface area contributed by atoms with Gasteiger partial charge in [0.1, 0.15) is 4.88 Å². The topological polar surface area (TPSA) is 82.0 Å². The van der Waals surface area contributed by atoms with Crippen molar-refractivity contribution in [1.29, 1.82) is 0 Å². The molecule has 0 saturated carbocycles. The molecule has 1 rings (SSSR count). The van der Waals surface area contributed by atoms with E-state index in [4.69, 9.17) is 11.5 Å². The summed E-state index contributed by atoms with van der Waals surface area (Å²) in [6, 6.07) is 0. The Morgan fingerprint density at radius 3 is 2.85 bits per heavy atom. The molecule has 0 spiro atoms. The number of anilines is 1. The van der Waals surface area contributed by atoms with Crippen LogP contribution in [0.1, 0.15) is 17.0 Å². The molecule has 0 fully saturated rings. The van der Waals surface area contributed by atoms with E-state index >= 15 is 0 Å². The molecule has 5 heteroatoms. The number of nitrogen functional groups attached to an aromatic ring is 1. The van der Waals surface area contributed by atoms with Gasteiger partial charge in [0.2, 0.25) is 5.91 Å². The first-order valence-electron chi connectivity index (χ1n) is 3.59. The fourth-order valence-electron chi connectivity index (χ4n) is 0.745. The second-order valence-corrected chi connectivity index (χ2v) is 3.44. The van der Waals surface area contributed by atoms with Crippen LogP contribution in [0.5, 0.6) is 0 Å². The zero-order valence-electron chi connectivity index (χ0n) is 7.13. The molecule has 4 N–H and O–H groups in total. The fraction of sp³-hybridized carbons (Fsp3) is 0.250. The molecule has 0 unspecified atom stereocenters. The molecular weight excluding hydrogens is 186 g/mol. The fourth-order valence-corrected chi connectivity index (χ4v) is 1.45. The van der Waals surface area contributed by atoms with Gasteiger partial charge >= 0.3 is 0 Å². The Balaban J connectivity index is 2.77. The number of carbonyl (C=O) groups is 1. The van der Waals surface area contributed by atoms with Gasteiger partial charge in [-0.15, -0.1) is 0 Å². The summed E-state index contributed by atoms with van der Waals surface area (Å²) in [6.45, 7) is 1.82. The number of rotatable bonds is 1. The first-order chi connectivity index (χ1) is 6.09. The van der Waals surface area contributed by atoms with E-state index in [1.54, 1.807) is 0 Å². The van der Waals surface area contributed by atoms with E-state index in [9.17, 15) is 4.79 Å². The van der Waals surface area contributed by atoms with Crippen LogP contribution in [0.25, 0.3) is 0 Å². The Bertz CT molecular complexity index is 386. The summed E-state index contributed by atoms with van der Waals surface area (Å²) in [5, 5.41) is 0.487. The van der Waals surface area contributed by atoms with E-state index in [0.29, 0.717) is 5.13 Å². The van der Waals surface area contributed by atoms with Crippen LogP contribution in [0.3, 0.4) is 0 Å². The van der Waals surface area contributed by atoms with Crippen LogP contribution in [0.4, 0.5) is 5.13 Å². The molecule has 68 valence electrons. The molecule has 0 radical (unpaired) electrons. The Kier molecular flexibility index (Phi) is 2.88. The van der Waals surface area contributed by atoms with Crippen molar-refractivity contribution in [2.75, 3.05) is 5.73 Å². The van der Waals surface area contributed by atoms with Crippen LogP contribution in [-0.2, 0) is 4.79 Å². The highest BCUT2D eigenvalue weighted by Crippen LogP contribution is 2.17. The van der Waals surface area contributed by atoms with Crippen molar-refractivity contribution in [1.82, 2.24) is 4.98 Å². The average Bonchev–Trinajstić information content (AvgIpc) is 2.29. The summed E-state index contributed by atoms with van der Waals surface area (Å²) >= 11 is 1.31. The van der Waals surface area contributed by atoms with Crippen molar-refractivity contribution in [3.05, 3.63) is 10.6 Å². The molecule has 0 atom stereocenters. The minimum atomic E-state index is -0.428. The predicted molar refractivity (Wildman–Crippen MR) is 52.0 cm³/mol. The maximum atomic E-state index is 10.4. The smallest absolute Gasteiger partial charge is 0.229 e. The lowest BCUT2D eigenvalue weighted by molar-refractivity contribution is -0.117. The number of nitrogens with zero attached hydrogens (tertiary/aromatic N) is 1. The van der Waals surface area contributed by atoms with Crippen molar-refractivity contribution in [2.45, 2.75) is 13.3 Å². The summed E-state index contributed by atoms with van der Waals surface area (Å²) in [4.78, 5) is 15.1. The molecule has 0 aromatic carbocycles. The van der Waals surface area contributed by atoms with Crippen LogP contribution in [0, 0.1) is 18.8 Å². The second kappa shape index (κ2) is 3.92. The third kappa shape index (κ3) is 2.76. The van der Waals surface area contributed by atoms with Crippen LogP contribution < -0.4 is 11.5 Å². The summed E-state index contributed by atoms with van der Waals surface area (Å²) in [6.07, 6.45) is 0.0667. The molecule has 1 amide bonds. The van der Waals surface area contributed by atoms with Gasteiger partial charge in [-0.05, 0) is 6.92 Å².